The summed E-state index contributed by atoms with van der Waals surface area (Å²) in [5.41, 5.74) is 0.319. The maximum atomic E-state index is 15.0. The molecule has 61 heavy (non-hydrogen) atoms. The van der Waals surface area contributed by atoms with Crippen molar-refractivity contribution in [1.82, 2.24) is 0 Å². The second kappa shape index (κ2) is 23.8. The Labute approximate surface area is 360 Å². The highest BCUT2D eigenvalue weighted by Gasteiger charge is 2.57. The molecule has 2 bridgehead atoms. The van der Waals surface area contributed by atoms with Crippen LogP contribution in [0.5, 0.6) is 0 Å². The van der Waals surface area contributed by atoms with Gasteiger partial charge in [-0.25, -0.2) is 4.79 Å². The summed E-state index contributed by atoms with van der Waals surface area (Å²) in [4.78, 5) is 37.4. The highest BCUT2D eigenvalue weighted by atomic mass is 19.4. The number of benzene rings is 3. The number of esters is 2. The summed E-state index contributed by atoms with van der Waals surface area (Å²) < 4.78 is 52.7. The van der Waals surface area contributed by atoms with Crippen LogP contribution in [0.2, 0.25) is 0 Å². The number of aliphatic carboxylic acids is 1. The first kappa shape index (κ1) is 47.8. The van der Waals surface area contributed by atoms with Crippen LogP contribution < -0.4 is 5.11 Å². The first-order valence-electron chi connectivity index (χ1n) is 22.9. The Morgan fingerprint density at radius 2 is 1.10 bits per heavy atom. The number of carboxylic acids is 1. The Kier molecular flexibility index (Phi) is 18.7. The van der Waals surface area contributed by atoms with E-state index in [0.29, 0.717) is 35.2 Å². The number of halogens is 3. The van der Waals surface area contributed by atoms with E-state index in [-0.39, 0.29) is 12.1 Å². The highest BCUT2D eigenvalue weighted by Crippen LogP contribution is 2.48. The Balaban J connectivity index is 0.000000925. The number of carboxylic acid groups (broad SMARTS) is 1. The van der Waals surface area contributed by atoms with Crippen LogP contribution in [-0.2, 0) is 34.2 Å². The van der Waals surface area contributed by atoms with Crippen molar-refractivity contribution in [3.05, 3.63) is 108 Å². The molecule has 3 fully saturated rings. The number of carbonyl (C=O) groups is 3. The molecule has 0 N–H and O–H groups in total. The second-order valence-corrected chi connectivity index (χ2v) is 17.2. The fourth-order valence-electron chi connectivity index (χ4n) is 9.87. The van der Waals surface area contributed by atoms with E-state index in [4.69, 9.17) is 24.1 Å². The van der Waals surface area contributed by atoms with Crippen LogP contribution in [0.4, 0.5) is 13.2 Å². The SMILES string of the molecule is CCCCCCCCCCCCCCCC(=O)OC(OC(C(=O)OC1CC2CCC(C1)[N+]21CCCC1)(c1ccccc1)c1ccccc1)c1ccccc1.O=C([O-])C(F)(F)F. The van der Waals surface area contributed by atoms with Gasteiger partial charge in [0.25, 0.3) is 0 Å². The number of ether oxygens (including phenoxy) is 3. The van der Waals surface area contributed by atoms with Crippen molar-refractivity contribution < 1.29 is 51.4 Å². The molecule has 3 saturated heterocycles. The van der Waals surface area contributed by atoms with Gasteiger partial charge < -0.3 is 28.6 Å². The summed E-state index contributed by atoms with van der Waals surface area (Å²) in [6, 6.07) is 29.9. The van der Waals surface area contributed by atoms with Gasteiger partial charge in [0.15, 0.2) is 0 Å². The first-order valence-corrected chi connectivity index (χ1v) is 22.9. The number of rotatable bonds is 22. The van der Waals surface area contributed by atoms with Crippen LogP contribution >= 0.6 is 0 Å². The van der Waals surface area contributed by atoms with Crippen LogP contribution in [0.3, 0.4) is 0 Å². The summed E-state index contributed by atoms with van der Waals surface area (Å²) >= 11 is 0. The molecular formula is C50H66F3NO7. The average molecular weight is 850 g/mol. The standard InChI is InChI=1S/C48H66NO5.C2HF3O2/c1-2-3-4-5-6-7-8-9-10-11-12-13-23-32-45(50)53-46(39-26-17-14-18-27-39)54-48(40-28-19-15-20-29-40,41-30-21-16-22-31-41)47(51)52-44-37-42-33-34-43(38-44)49(42)35-24-25-36-49;3-2(4,5)1(6)7/h14-22,26-31,42-44,46H,2-13,23-25,32-38H2,1H3;(H,6,7)/q+1;/p-1. The van der Waals surface area contributed by atoms with E-state index in [9.17, 15) is 18.0 Å². The van der Waals surface area contributed by atoms with E-state index >= 15 is 4.79 Å². The molecule has 1 spiro atoms. The number of quaternary nitrogens is 1. The van der Waals surface area contributed by atoms with Gasteiger partial charge in [-0.1, -0.05) is 175 Å². The molecule has 0 radical (unpaired) electrons. The van der Waals surface area contributed by atoms with Gasteiger partial charge in [-0.3, -0.25) is 4.79 Å². The number of hydrogen-bond acceptors (Lipinski definition) is 7. The number of carbonyl (C=O) groups excluding carboxylic acids is 3. The molecule has 3 aromatic rings. The van der Waals surface area contributed by atoms with Crippen LogP contribution in [0, 0.1) is 0 Å². The van der Waals surface area contributed by atoms with E-state index in [1.54, 1.807) is 0 Å². The monoisotopic (exact) mass is 849 g/mol. The second-order valence-electron chi connectivity index (χ2n) is 17.2. The van der Waals surface area contributed by atoms with Crippen molar-refractivity contribution >= 4 is 17.9 Å². The lowest BCUT2D eigenvalue weighted by molar-refractivity contribution is -0.956. The van der Waals surface area contributed by atoms with Crippen molar-refractivity contribution in [2.45, 2.75) is 172 Å². The third-order valence-electron chi connectivity index (χ3n) is 13.0. The number of hydrogen-bond donors (Lipinski definition) is 0. The fourth-order valence-corrected chi connectivity index (χ4v) is 9.87. The lowest BCUT2D eigenvalue weighted by Crippen LogP contribution is -2.60. The van der Waals surface area contributed by atoms with Gasteiger partial charge in [-0.15, -0.1) is 0 Å². The molecular weight excluding hydrogens is 784 g/mol. The lowest BCUT2D eigenvalue weighted by Gasteiger charge is -2.47. The normalized spacial score (nSPS) is 19.8. The Bertz CT molecular complexity index is 1700. The maximum Gasteiger partial charge on any atom is 0.430 e. The maximum absolute atomic E-state index is 15.0. The summed E-state index contributed by atoms with van der Waals surface area (Å²) in [6.07, 6.45) is 16.8. The Morgan fingerprint density at radius 3 is 1.54 bits per heavy atom. The van der Waals surface area contributed by atoms with E-state index in [1.165, 1.54) is 107 Å². The molecule has 0 aromatic heterocycles. The van der Waals surface area contributed by atoms with Crippen molar-refractivity contribution in [1.29, 1.82) is 0 Å². The molecule has 3 aromatic carbocycles. The highest BCUT2D eigenvalue weighted by molar-refractivity contribution is 5.86. The van der Waals surface area contributed by atoms with Crippen LogP contribution in [0.1, 0.15) is 158 Å². The van der Waals surface area contributed by atoms with Crippen molar-refractivity contribution in [3.63, 3.8) is 0 Å². The zero-order chi connectivity index (χ0) is 43.6. The van der Waals surface area contributed by atoms with Gasteiger partial charge in [0, 0.05) is 50.5 Å². The molecule has 0 aliphatic carbocycles. The molecule has 3 aliphatic heterocycles. The third-order valence-corrected chi connectivity index (χ3v) is 13.0. The summed E-state index contributed by atoms with van der Waals surface area (Å²) in [5, 5.41) is 8.78. The van der Waals surface area contributed by atoms with Gasteiger partial charge in [0.1, 0.15) is 12.1 Å². The van der Waals surface area contributed by atoms with Gasteiger partial charge in [-0.05, 0) is 17.5 Å². The molecule has 6 rings (SSSR count). The number of nitrogens with zero attached hydrogens (tertiary/aromatic N) is 1. The van der Waals surface area contributed by atoms with E-state index in [2.05, 4.69) is 6.92 Å². The summed E-state index contributed by atoms with van der Waals surface area (Å²) in [7, 11) is 0. The first-order chi connectivity index (χ1) is 29.5. The molecule has 3 heterocycles. The quantitative estimate of drug-likeness (QED) is 0.0429. The number of alkyl halides is 3. The predicted molar refractivity (Wildman–Crippen MR) is 227 cm³/mol. The predicted octanol–water partition coefficient (Wildman–Crippen LogP) is 10.8. The zero-order valence-corrected chi connectivity index (χ0v) is 36.0. The molecule has 3 unspecified atom stereocenters. The largest absolute Gasteiger partial charge is 0.542 e. The van der Waals surface area contributed by atoms with Crippen LogP contribution in [0.25, 0.3) is 0 Å². The van der Waals surface area contributed by atoms with E-state index < -0.39 is 30.0 Å². The van der Waals surface area contributed by atoms with Crippen LogP contribution in [-0.4, -0.2) is 59.8 Å². The zero-order valence-electron chi connectivity index (χ0n) is 36.0. The van der Waals surface area contributed by atoms with Gasteiger partial charge >= 0.3 is 18.1 Å². The minimum Gasteiger partial charge on any atom is -0.542 e. The molecule has 0 saturated carbocycles. The fraction of sp³-hybridized carbons (Fsp3) is 0.580. The van der Waals surface area contributed by atoms with E-state index in [0.717, 1.165) is 32.1 Å². The molecule has 3 atom stereocenters. The number of piperidine rings is 1. The molecule has 0 amide bonds. The van der Waals surface area contributed by atoms with Crippen molar-refractivity contribution in [3.8, 4) is 0 Å². The van der Waals surface area contributed by atoms with Crippen LogP contribution in [0.15, 0.2) is 91.0 Å². The van der Waals surface area contributed by atoms with Crippen molar-refractivity contribution in [2.75, 3.05) is 13.1 Å². The van der Waals surface area contributed by atoms with E-state index in [1.807, 2.05) is 91.0 Å². The smallest absolute Gasteiger partial charge is 0.430 e. The molecule has 11 heteroatoms. The average Bonchev–Trinajstić information content (AvgIpc) is 3.81. The lowest BCUT2D eigenvalue weighted by atomic mass is 9.85. The van der Waals surface area contributed by atoms with Gasteiger partial charge in [-0.2, -0.15) is 13.2 Å². The summed E-state index contributed by atoms with van der Waals surface area (Å²) in [5.74, 6) is -3.78. The third kappa shape index (κ3) is 13.4. The molecule has 3 aliphatic rings. The Morgan fingerprint density at radius 1 is 0.672 bits per heavy atom. The Hall–Kier alpha value is -4.22. The minimum atomic E-state index is -5.19. The molecule has 8 nitrogen and oxygen atoms in total. The minimum absolute atomic E-state index is 0.178. The topological polar surface area (TPSA) is 102 Å². The van der Waals surface area contributed by atoms with Crippen molar-refractivity contribution in [2.24, 2.45) is 0 Å². The number of unbranched alkanes of at least 4 members (excludes halogenated alkanes) is 12. The van der Waals surface area contributed by atoms with Gasteiger partial charge in [0.05, 0.1) is 25.2 Å². The molecule has 334 valence electrons. The summed E-state index contributed by atoms with van der Waals surface area (Å²) in [6.45, 7) is 4.80. The van der Waals surface area contributed by atoms with Gasteiger partial charge in [0.2, 0.25) is 11.9 Å².